The van der Waals surface area contributed by atoms with Crippen LogP contribution in [0.1, 0.15) is 24.6 Å². The summed E-state index contributed by atoms with van der Waals surface area (Å²) in [6.45, 7) is 0. The molecule has 1 heterocycles. The van der Waals surface area contributed by atoms with Gasteiger partial charge in [0, 0.05) is 6.04 Å². The number of nitrogens with zero attached hydrogens (tertiary/aromatic N) is 1. The largest absolute Gasteiger partial charge is 0.322 e. The van der Waals surface area contributed by atoms with E-state index in [0.717, 1.165) is 10.3 Å². The Bertz CT molecular complexity index is 284. The van der Waals surface area contributed by atoms with E-state index in [1.165, 1.54) is 12.8 Å². The lowest BCUT2D eigenvalue weighted by molar-refractivity contribution is 0.613. The maximum atomic E-state index is 5.99. The lowest BCUT2D eigenvalue weighted by Crippen LogP contribution is -2.13. The number of rotatable bonds is 2. The van der Waals surface area contributed by atoms with Crippen LogP contribution in [0.15, 0.2) is 22.8 Å². The van der Waals surface area contributed by atoms with E-state index >= 15 is 0 Å². The number of halogens is 1. The van der Waals surface area contributed by atoms with Crippen molar-refractivity contribution in [3.8, 4) is 0 Å². The molecule has 0 saturated heterocycles. The first kappa shape index (κ1) is 8.20. The number of hydrogen-bond acceptors (Lipinski definition) is 2. The quantitative estimate of drug-likeness (QED) is 0.787. The molecule has 12 heavy (non-hydrogen) atoms. The Morgan fingerprint density at radius 3 is 2.83 bits per heavy atom. The second-order valence-corrected chi connectivity index (χ2v) is 4.06. The second kappa shape index (κ2) is 3.15. The third kappa shape index (κ3) is 1.67. The zero-order chi connectivity index (χ0) is 8.55. The minimum absolute atomic E-state index is 0.141. The SMILES string of the molecule is NC(c1cccc(Br)n1)C1CC1. The fourth-order valence-electron chi connectivity index (χ4n) is 1.31. The zero-order valence-corrected chi connectivity index (χ0v) is 8.29. The van der Waals surface area contributed by atoms with E-state index in [2.05, 4.69) is 20.9 Å². The van der Waals surface area contributed by atoms with E-state index in [9.17, 15) is 0 Å². The molecule has 1 unspecified atom stereocenters. The van der Waals surface area contributed by atoms with Crippen LogP contribution in [0.25, 0.3) is 0 Å². The minimum atomic E-state index is 0.141. The first-order chi connectivity index (χ1) is 5.77. The minimum Gasteiger partial charge on any atom is -0.322 e. The van der Waals surface area contributed by atoms with Gasteiger partial charge in [-0.3, -0.25) is 0 Å². The molecule has 2 rings (SSSR count). The van der Waals surface area contributed by atoms with Crippen molar-refractivity contribution in [3.63, 3.8) is 0 Å². The molecule has 1 aromatic heterocycles. The van der Waals surface area contributed by atoms with Crippen LogP contribution in [0.3, 0.4) is 0 Å². The summed E-state index contributed by atoms with van der Waals surface area (Å²) in [5.41, 5.74) is 6.99. The van der Waals surface area contributed by atoms with E-state index in [1.807, 2.05) is 18.2 Å². The molecular formula is C9H11BrN2. The van der Waals surface area contributed by atoms with Crippen molar-refractivity contribution in [3.05, 3.63) is 28.5 Å². The molecule has 1 aliphatic carbocycles. The van der Waals surface area contributed by atoms with Crippen LogP contribution in [-0.4, -0.2) is 4.98 Å². The summed E-state index contributed by atoms with van der Waals surface area (Å²) in [7, 11) is 0. The number of hydrogen-bond donors (Lipinski definition) is 1. The van der Waals surface area contributed by atoms with Crippen molar-refractivity contribution in [1.29, 1.82) is 0 Å². The summed E-state index contributed by atoms with van der Waals surface area (Å²) in [4.78, 5) is 4.33. The second-order valence-electron chi connectivity index (χ2n) is 3.25. The van der Waals surface area contributed by atoms with Crippen molar-refractivity contribution in [2.45, 2.75) is 18.9 Å². The molecule has 1 saturated carbocycles. The molecule has 2 nitrogen and oxygen atoms in total. The van der Waals surface area contributed by atoms with E-state index in [-0.39, 0.29) is 6.04 Å². The van der Waals surface area contributed by atoms with Gasteiger partial charge in [-0.1, -0.05) is 6.07 Å². The van der Waals surface area contributed by atoms with Gasteiger partial charge in [-0.05, 0) is 46.8 Å². The monoisotopic (exact) mass is 226 g/mol. The van der Waals surface area contributed by atoms with Gasteiger partial charge in [0.25, 0.3) is 0 Å². The summed E-state index contributed by atoms with van der Waals surface area (Å²) in [5.74, 6) is 0.673. The Balaban J connectivity index is 2.20. The first-order valence-corrected chi connectivity index (χ1v) is 4.95. The fraction of sp³-hybridized carbons (Fsp3) is 0.444. The number of nitrogens with two attached hydrogens (primary N) is 1. The Labute approximate surface area is 80.3 Å². The highest BCUT2D eigenvalue weighted by Gasteiger charge is 2.30. The molecule has 1 aliphatic rings. The highest BCUT2D eigenvalue weighted by Crippen LogP contribution is 2.38. The molecule has 0 bridgehead atoms. The van der Waals surface area contributed by atoms with Crippen LogP contribution in [0.4, 0.5) is 0 Å². The van der Waals surface area contributed by atoms with Crippen molar-refractivity contribution < 1.29 is 0 Å². The number of aromatic nitrogens is 1. The van der Waals surface area contributed by atoms with Gasteiger partial charge in [0.05, 0.1) is 5.69 Å². The lowest BCUT2D eigenvalue weighted by atomic mass is 10.1. The predicted octanol–water partition coefficient (Wildman–Crippen LogP) is 2.25. The maximum absolute atomic E-state index is 5.99. The van der Waals surface area contributed by atoms with Crippen LogP contribution in [0.5, 0.6) is 0 Å². The van der Waals surface area contributed by atoms with Crippen LogP contribution in [0.2, 0.25) is 0 Å². The van der Waals surface area contributed by atoms with Gasteiger partial charge < -0.3 is 5.73 Å². The summed E-state index contributed by atoms with van der Waals surface area (Å²) in [5, 5.41) is 0. The van der Waals surface area contributed by atoms with Gasteiger partial charge in [0.15, 0.2) is 0 Å². The summed E-state index contributed by atoms with van der Waals surface area (Å²) in [6, 6.07) is 6.04. The van der Waals surface area contributed by atoms with Gasteiger partial charge in [0.2, 0.25) is 0 Å². The van der Waals surface area contributed by atoms with Crippen molar-refractivity contribution in [2.75, 3.05) is 0 Å². The summed E-state index contributed by atoms with van der Waals surface area (Å²) < 4.78 is 0.871. The molecule has 0 amide bonds. The van der Waals surface area contributed by atoms with Crippen LogP contribution < -0.4 is 5.73 Å². The third-order valence-corrected chi connectivity index (χ3v) is 2.65. The van der Waals surface area contributed by atoms with Gasteiger partial charge in [-0.25, -0.2) is 4.98 Å². The summed E-state index contributed by atoms with van der Waals surface area (Å²) >= 11 is 3.33. The molecule has 1 aromatic rings. The van der Waals surface area contributed by atoms with E-state index in [4.69, 9.17) is 5.73 Å². The topological polar surface area (TPSA) is 38.9 Å². The predicted molar refractivity (Wildman–Crippen MR) is 51.6 cm³/mol. The smallest absolute Gasteiger partial charge is 0.106 e. The molecule has 0 aromatic carbocycles. The van der Waals surface area contributed by atoms with Gasteiger partial charge in [-0.15, -0.1) is 0 Å². The molecule has 64 valence electrons. The Morgan fingerprint density at radius 1 is 1.50 bits per heavy atom. The number of pyridine rings is 1. The van der Waals surface area contributed by atoms with Crippen molar-refractivity contribution in [1.82, 2.24) is 4.98 Å². The van der Waals surface area contributed by atoms with Crippen LogP contribution in [0, 0.1) is 5.92 Å². The first-order valence-electron chi connectivity index (χ1n) is 4.15. The average Bonchev–Trinajstić information content (AvgIpc) is 2.85. The molecule has 0 spiro atoms. The van der Waals surface area contributed by atoms with Crippen LogP contribution in [-0.2, 0) is 0 Å². The van der Waals surface area contributed by atoms with Gasteiger partial charge in [0.1, 0.15) is 4.60 Å². The van der Waals surface area contributed by atoms with Gasteiger partial charge in [-0.2, -0.15) is 0 Å². The molecule has 0 radical (unpaired) electrons. The molecule has 0 aliphatic heterocycles. The average molecular weight is 227 g/mol. The zero-order valence-electron chi connectivity index (χ0n) is 6.70. The lowest BCUT2D eigenvalue weighted by Gasteiger charge is -2.08. The Kier molecular flexibility index (Phi) is 2.15. The Morgan fingerprint density at radius 2 is 2.25 bits per heavy atom. The Hall–Kier alpha value is -0.410. The molecule has 1 atom stereocenters. The molecule has 1 fully saturated rings. The highest BCUT2D eigenvalue weighted by atomic mass is 79.9. The summed E-state index contributed by atoms with van der Waals surface area (Å²) in [6.07, 6.45) is 2.52. The normalized spacial score (nSPS) is 19.2. The van der Waals surface area contributed by atoms with E-state index in [0.29, 0.717) is 5.92 Å². The third-order valence-electron chi connectivity index (χ3n) is 2.21. The van der Waals surface area contributed by atoms with Gasteiger partial charge >= 0.3 is 0 Å². The van der Waals surface area contributed by atoms with E-state index < -0.39 is 0 Å². The van der Waals surface area contributed by atoms with Crippen LogP contribution >= 0.6 is 15.9 Å². The van der Waals surface area contributed by atoms with Crippen molar-refractivity contribution in [2.24, 2.45) is 11.7 Å². The maximum Gasteiger partial charge on any atom is 0.106 e. The molecule has 2 N–H and O–H groups in total. The van der Waals surface area contributed by atoms with E-state index in [1.54, 1.807) is 0 Å². The standard InChI is InChI=1S/C9H11BrN2/c10-8-3-1-2-7(12-8)9(11)6-4-5-6/h1-3,6,9H,4-5,11H2. The molecular weight excluding hydrogens is 216 g/mol. The highest BCUT2D eigenvalue weighted by molar-refractivity contribution is 9.10. The van der Waals surface area contributed by atoms with Crippen molar-refractivity contribution >= 4 is 15.9 Å². The fourth-order valence-corrected chi connectivity index (χ4v) is 1.66. The molecule has 3 heteroatoms.